The van der Waals surface area contributed by atoms with Gasteiger partial charge in [-0.2, -0.15) is 0 Å². The predicted octanol–water partition coefficient (Wildman–Crippen LogP) is 4.83. The third-order valence-electron chi connectivity index (χ3n) is 8.54. The van der Waals surface area contributed by atoms with E-state index in [0.717, 1.165) is 66.8 Å². The number of furan rings is 1. The van der Waals surface area contributed by atoms with Crippen molar-refractivity contribution < 1.29 is 13.9 Å². The Morgan fingerprint density at radius 2 is 0.927 bits per heavy atom. The van der Waals surface area contributed by atoms with Crippen molar-refractivity contribution in [3.8, 4) is 23.0 Å². The molecule has 0 aliphatic carbocycles. The Hall–Kier alpha value is -5.15. The second-order valence-corrected chi connectivity index (χ2v) is 10.8. The predicted molar refractivity (Wildman–Crippen MR) is 169 cm³/mol. The third kappa shape index (κ3) is 3.23. The van der Waals surface area contributed by atoms with Gasteiger partial charge in [-0.25, -0.2) is 0 Å². The molecule has 2 aliphatic heterocycles. The van der Waals surface area contributed by atoms with Crippen molar-refractivity contribution in [3.05, 3.63) is 133 Å². The standard InChI is InChI=1S/C36H22B2O3/c1-3-13-23(14-4-1)37-26-18-8-11-21-29(26)40-34-31-25-17-7-10-20-28(25)39-35(31)36-33(32(34)37)38(24-15-5-2-6-16-24)27-19-9-12-22-30(27)41-36/h1-22H. The van der Waals surface area contributed by atoms with E-state index in [2.05, 4.69) is 109 Å². The molecule has 3 heterocycles. The van der Waals surface area contributed by atoms with Crippen molar-refractivity contribution >= 4 is 68.1 Å². The molecular formula is C36H22B2O3. The molecule has 0 unspecified atom stereocenters. The topological polar surface area (TPSA) is 31.6 Å². The van der Waals surface area contributed by atoms with E-state index < -0.39 is 0 Å². The maximum atomic E-state index is 6.93. The molecule has 2 aliphatic rings. The van der Waals surface area contributed by atoms with Gasteiger partial charge in [-0.3, -0.25) is 0 Å². The smallest absolute Gasteiger partial charge is 0.250 e. The first-order valence-electron chi connectivity index (χ1n) is 14.0. The van der Waals surface area contributed by atoms with Gasteiger partial charge in [0.1, 0.15) is 22.8 Å². The summed E-state index contributed by atoms with van der Waals surface area (Å²) in [5, 5.41) is 1.97. The van der Waals surface area contributed by atoms with Crippen molar-refractivity contribution in [2.75, 3.05) is 0 Å². The summed E-state index contributed by atoms with van der Waals surface area (Å²) in [6.45, 7) is -0.120. The van der Waals surface area contributed by atoms with Crippen LogP contribution in [0.15, 0.2) is 138 Å². The molecule has 41 heavy (non-hydrogen) atoms. The van der Waals surface area contributed by atoms with E-state index in [4.69, 9.17) is 13.9 Å². The van der Waals surface area contributed by atoms with E-state index in [1.165, 1.54) is 10.9 Å². The van der Waals surface area contributed by atoms with E-state index in [1.807, 2.05) is 24.3 Å². The lowest BCUT2D eigenvalue weighted by molar-refractivity contribution is 0.475. The van der Waals surface area contributed by atoms with E-state index in [-0.39, 0.29) is 13.4 Å². The summed E-state index contributed by atoms with van der Waals surface area (Å²) in [4.78, 5) is 0. The van der Waals surface area contributed by atoms with Crippen molar-refractivity contribution in [2.24, 2.45) is 0 Å². The highest BCUT2D eigenvalue weighted by Gasteiger charge is 2.44. The molecule has 3 nitrogen and oxygen atoms in total. The molecule has 1 aromatic heterocycles. The lowest BCUT2D eigenvalue weighted by Gasteiger charge is -2.35. The van der Waals surface area contributed by atoms with Crippen molar-refractivity contribution in [3.63, 3.8) is 0 Å². The number of benzene rings is 6. The highest BCUT2D eigenvalue weighted by Crippen LogP contribution is 2.44. The van der Waals surface area contributed by atoms with Crippen LogP contribution in [0.5, 0.6) is 23.0 Å². The highest BCUT2D eigenvalue weighted by atomic mass is 16.5. The van der Waals surface area contributed by atoms with Gasteiger partial charge in [-0.15, -0.1) is 0 Å². The Morgan fingerprint density at radius 3 is 1.56 bits per heavy atom. The lowest BCUT2D eigenvalue weighted by atomic mass is 9.27. The number of hydrogen-bond donors (Lipinski definition) is 0. The fourth-order valence-corrected chi connectivity index (χ4v) is 6.85. The first kappa shape index (κ1) is 22.6. The van der Waals surface area contributed by atoms with Crippen LogP contribution < -0.4 is 42.3 Å². The SMILES string of the molecule is c1ccc(B2c3ccccc3Oc3c2c2c(c4c3oc3ccccc34)Oc3ccccc3B2c2ccccc2)cc1. The maximum Gasteiger partial charge on any atom is 0.250 e. The number of hydrogen-bond acceptors (Lipinski definition) is 3. The van der Waals surface area contributed by atoms with Crippen LogP contribution in [0, 0.1) is 0 Å². The van der Waals surface area contributed by atoms with Gasteiger partial charge in [-0.05, 0) is 40.1 Å². The summed E-state index contributed by atoms with van der Waals surface area (Å²) in [5.74, 6) is 3.34. The summed E-state index contributed by atoms with van der Waals surface area (Å²) < 4.78 is 20.4. The molecular weight excluding hydrogens is 502 g/mol. The number of ether oxygens (including phenoxy) is 2. The zero-order valence-electron chi connectivity index (χ0n) is 22.1. The Balaban J connectivity index is 1.49. The molecule has 0 atom stereocenters. The van der Waals surface area contributed by atoms with Crippen LogP contribution in [0.2, 0.25) is 0 Å². The molecule has 190 valence electrons. The minimum absolute atomic E-state index is 0.0527. The van der Waals surface area contributed by atoms with Gasteiger partial charge in [-0.1, -0.05) is 126 Å². The summed E-state index contributed by atoms with van der Waals surface area (Å²) in [6, 6.07) is 46.4. The Morgan fingerprint density at radius 1 is 0.439 bits per heavy atom. The molecule has 9 rings (SSSR count). The van der Waals surface area contributed by atoms with Gasteiger partial charge < -0.3 is 13.9 Å². The van der Waals surface area contributed by atoms with Crippen molar-refractivity contribution in [2.45, 2.75) is 0 Å². The van der Waals surface area contributed by atoms with Crippen LogP contribution in [0.1, 0.15) is 0 Å². The Labute approximate surface area is 238 Å². The highest BCUT2D eigenvalue weighted by molar-refractivity contribution is 7.06. The van der Waals surface area contributed by atoms with Gasteiger partial charge in [0.15, 0.2) is 11.3 Å². The molecule has 0 bridgehead atoms. The molecule has 0 N–H and O–H groups in total. The second kappa shape index (κ2) is 8.67. The lowest BCUT2D eigenvalue weighted by Crippen LogP contribution is -2.67. The van der Waals surface area contributed by atoms with E-state index >= 15 is 0 Å². The molecule has 0 fully saturated rings. The van der Waals surface area contributed by atoms with E-state index in [0.29, 0.717) is 0 Å². The maximum absolute atomic E-state index is 6.93. The number of para-hydroxylation sites is 3. The minimum atomic E-state index is -0.0670. The normalized spacial score (nSPS) is 13.2. The van der Waals surface area contributed by atoms with Gasteiger partial charge in [0.2, 0.25) is 6.71 Å². The first-order chi connectivity index (χ1) is 20.4. The monoisotopic (exact) mass is 524 g/mol. The molecule has 0 saturated heterocycles. The summed E-state index contributed by atoms with van der Waals surface area (Å²) in [7, 11) is 0. The third-order valence-corrected chi connectivity index (χ3v) is 8.54. The van der Waals surface area contributed by atoms with Crippen LogP contribution in [0.4, 0.5) is 0 Å². The Kier molecular flexibility index (Phi) is 4.79. The molecule has 0 saturated carbocycles. The molecule has 6 aromatic carbocycles. The molecule has 0 spiro atoms. The zero-order chi connectivity index (χ0) is 26.9. The molecule has 7 aromatic rings. The van der Waals surface area contributed by atoms with Crippen LogP contribution >= 0.6 is 0 Å². The number of rotatable bonds is 2. The van der Waals surface area contributed by atoms with Crippen LogP contribution in [-0.2, 0) is 0 Å². The Bertz CT molecular complexity index is 2120. The van der Waals surface area contributed by atoms with Gasteiger partial charge >= 0.3 is 0 Å². The van der Waals surface area contributed by atoms with Crippen LogP contribution in [0.3, 0.4) is 0 Å². The number of fused-ring (bicyclic) bond motifs is 10. The molecule has 5 heteroatoms. The van der Waals surface area contributed by atoms with E-state index in [1.54, 1.807) is 0 Å². The van der Waals surface area contributed by atoms with Gasteiger partial charge in [0.25, 0.3) is 6.71 Å². The molecule has 0 amide bonds. The fourth-order valence-electron chi connectivity index (χ4n) is 6.85. The van der Waals surface area contributed by atoms with Crippen LogP contribution in [0.25, 0.3) is 21.9 Å². The van der Waals surface area contributed by atoms with E-state index in [9.17, 15) is 0 Å². The fraction of sp³-hybridized carbons (Fsp3) is 0. The van der Waals surface area contributed by atoms with Crippen molar-refractivity contribution in [1.82, 2.24) is 0 Å². The summed E-state index contributed by atoms with van der Waals surface area (Å²) >= 11 is 0. The van der Waals surface area contributed by atoms with Gasteiger partial charge in [0, 0.05) is 5.39 Å². The molecule has 0 radical (unpaired) electrons. The quantitative estimate of drug-likeness (QED) is 0.304. The minimum Gasteiger partial charge on any atom is -0.458 e. The summed E-state index contributed by atoms with van der Waals surface area (Å²) in [6.07, 6.45) is 0. The zero-order valence-corrected chi connectivity index (χ0v) is 22.1. The van der Waals surface area contributed by atoms with Gasteiger partial charge in [0.05, 0.1) is 5.39 Å². The summed E-state index contributed by atoms with van der Waals surface area (Å²) in [5.41, 5.74) is 8.46. The average molecular weight is 524 g/mol. The average Bonchev–Trinajstić information content (AvgIpc) is 3.44. The first-order valence-corrected chi connectivity index (χ1v) is 14.0. The van der Waals surface area contributed by atoms with Crippen LogP contribution in [-0.4, -0.2) is 13.4 Å². The second-order valence-electron chi connectivity index (χ2n) is 10.8. The van der Waals surface area contributed by atoms with Crippen molar-refractivity contribution in [1.29, 1.82) is 0 Å². The largest absolute Gasteiger partial charge is 0.458 e.